The molecule has 0 saturated heterocycles. The van der Waals surface area contributed by atoms with Crippen LogP contribution in [0.4, 0.5) is 5.69 Å². The Bertz CT molecular complexity index is 474. The quantitative estimate of drug-likeness (QED) is 0.705. The molecular formula is C12H18N4O3. The van der Waals surface area contributed by atoms with Gasteiger partial charge in [-0.3, -0.25) is 4.79 Å². The first-order valence-electron chi connectivity index (χ1n) is 6.06. The number of aromatic carboxylic acids is 1. The third-order valence-corrected chi connectivity index (χ3v) is 2.34. The standard InChI is InChI=1S/C12H18N4O3/c1-4-13-9(17)6-14-8-5-15-11(7(2)3)16-10(8)12(18)19/h5,7,14H,4,6H2,1-3H3,(H,13,17)(H,18,19). The Morgan fingerprint density at radius 1 is 1.42 bits per heavy atom. The SMILES string of the molecule is CCNC(=O)CNc1cnc(C(C)C)nc1C(=O)O. The van der Waals surface area contributed by atoms with Crippen molar-refractivity contribution in [2.45, 2.75) is 26.7 Å². The highest BCUT2D eigenvalue weighted by Gasteiger charge is 2.16. The Labute approximate surface area is 111 Å². The van der Waals surface area contributed by atoms with Crippen molar-refractivity contribution in [1.29, 1.82) is 0 Å². The first-order chi connectivity index (χ1) is 8.95. The maximum Gasteiger partial charge on any atom is 0.356 e. The summed E-state index contributed by atoms with van der Waals surface area (Å²) in [6.07, 6.45) is 1.39. The van der Waals surface area contributed by atoms with Crippen molar-refractivity contribution < 1.29 is 14.7 Å². The van der Waals surface area contributed by atoms with Crippen LogP contribution >= 0.6 is 0 Å². The molecule has 0 atom stereocenters. The molecule has 0 radical (unpaired) electrons. The van der Waals surface area contributed by atoms with Crippen molar-refractivity contribution in [3.8, 4) is 0 Å². The van der Waals surface area contributed by atoms with E-state index < -0.39 is 5.97 Å². The molecule has 0 bridgehead atoms. The molecule has 1 rings (SSSR count). The molecule has 19 heavy (non-hydrogen) atoms. The van der Waals surface area contributed by atoms with Crippen LogP contribution in [0.3, 0.4) is 0 Å². The van der Waals surface area contributed by atoms with Gasteiger partial charge in [0.1, 0.15) is 5.82 Å². The molecule has 0 saturated carbocycles. The number of aromatic nitrogens is 2. The predicted molar refractivity (Wildman–Crippen MR) is 70.3 cm³/mol. The lowest BCUT2D eigenvalue weighted by Gasteiger charge is -2.10. The van der Waals surface area contributed by atoms with Gasteiger partial charge in [0.15, 0.2) is 5.69 Å². The van der Waals surface area contributed by atoms with E-state index in [-0.39, 0.29) is 29.8 Å². The maximum atomic E-state index is 11.3. The van der Waals surface area contributed by atoms with Gasteiger partial charge >= 0.3 is 5.97 Å². The first-order valence-corrected chi connectivity index (χ1v) is 6.06. The second kappa shape index (κ2) is 6.67. The van der Waals surface area contributed by atoms with Gasteiger partial charge in [0.2, 0.25) is 5.91 Å². The minimum absolute atomic E-state index is 0.0154. The molecule has 0 aliphatic carbocycles. The number of carboxylic acids is 1. The Kier molecular flexibility index (Phi) is 5.23. The van der Waals surface area contributed by atoms with E-state index in [4.69, 9.17) is 5.11 Å². The second-order valence-electron chi connectivity index (χ2n) is 4.26. The fourth-order valence-electron chi connectivity index (χ4n) is 1.40. The topological polar surface area (TPSA) is 104 Å². The number of likely N-dealkylation sites (N-methyl/N-ethyl adjacent to an activating group) is 1. The molecule has 1 heterocycles. The Morgan fingerprint density at radius 2 is 2.11 bits per heavy atom. The Hall–Kier alpha value is -2.18. The molecule has 0 aliphatic rings. The summed E-state index contributed by atoms with van der Waals surface area (Å²) in [5.41, 5.74) is 0.117. The third kappa shape index (κ3) is 4.20. The molecule has 1 amide bonds. The van der Waals surface area contributed by atoms with E-state index >= 15 is 0 Å². The third-order valence-electron chi connectivity index (χ3n) is 2.34. The number of amides is 1. The van der Waals surface area contributed by atoms with E-state index in [2.05, 4.69) is 20.6 Å². The zero-order chi connectivity index (χ0) is 14.4. The molecule has 104 valence electrons. The monoisotopic (exact) mass is 266 g/mol. The molecule has 7 heteroatoms. The van der Waals surface area contributed by atoms with Gasteiger partial charge in [0.05, 0.1) is 18.4 Å². The number of carboxylic acid groups (broad SMARTS) is 1. The lowest BCUT2D eigenvalue weighted by molar-refractivity contribution is -0.119. The lowest BCUT2D eigenvalue weighted by atomic mass is 10.2. The second-order valence-corrected chi connectivity index (χ2v) is 4.26. The van der Waals surface area contributed by atoms with Gasteiger partial charge in [-0.25, -0.2) is 14.8 Å². The van der Waals surface area contributed by atoms with Crippen LogP contribution in [-0.4, -0.2) is 40.0 Å². The van der Waals surface area contributed by atoms with Gasteiger partial charge in [-0.2, -0.15) is 0 Å². The fourth-order valence-corrected chi connectivity index (χ4v) is 1.40. The fraction of sp³-hybridized carbons (Fsp3) is 0.500. The molecule has 0 spiro atoms. The highest BCUT2D eigenvalue weighted by molar-refractivity contribution is 5.92. The number of hydrogen-bond acceptors (Lipinski definition) is 5. The van der Waals surface area contributed by atoms with Gasteiger partial charge in [0.25, 0.3) is 0 Å². The van der Waals surface area contributed by atoms with Crippen LogP contribution in [0, 0.1) is 0 Å². The predicted octanol–water partition coefficient (Wildman–Crippen LogP) is 0.846. The number of anilines is 1. The van der Waals surface area contributed by atoms with Gasteiger partial charge < -0.3 is 15.7 Å². The summed E-state index contributed by atoms with van der Waals surface area (Å²) in [6.45, 7) is 6.07. The van der Waals surface area contributed by atoms with E-state index in [1.807, 2.05) is 13.8 Å². The summed E-state index contributed by atoms with van der Waals surface area (Å²) in [4.78, 5) is 30.5. The maximum absolute atomic E-state index is 11.3. The van der Waals surface area contributed by atoms with Crippen LogP contribution in [0.5, 0.6) is 0 Å². The van der Waals surface area contributed by atoms with Gasteiger partial charge in [-0.15, -0.1) is 0 Å². The van der Waals surface area contributed by atoms with Crippen molar-refractivity contribution in [1.82, 2.24) is 15.3 Å². The van der Waals surface area contributed by atoms with E-state index in [0.29, 0.717) is 12.4 Å². The first kappa shape index (κ1) is 14.9. The highest BCUT2D eigenvalue weighted by Crippen LogP contribution is 2.16. The zero-order valence-corrected chi connectivity index (χ0v) is 11.2. The van der Waals surface area contributed by atoms with Crippen molar-refractivity contribution in [3.05, 3.63) is 17.7 Å². The smallest absolute Gasteiger partial charge is 0.356 e. The summed E-state index contributed by atoms with van der Waals surface area (Å²) >= 11 is 0. The molecule has 1 aromatic rings. The van der Waals surface area contributed by atoms with E-state index in [0.717, 1.165) is 0 Å². The van der Waals surface area contributed by atoms with Crippen LogP contribution in [0.15, 0.2) is 6.20 Å². The summed E-state index contributed by atoms with van der Waals surface area (Å²) in [5.74, 6) is -0.869. The molecule has 1 aromatic heterocycles. The van der Waals surface area contributed by atoms with Crippen LogP contribution < -0.4 is 10.6 Å². The minimum atomic E-state index is -1.15. The number of carbonyl (C=O) groups excluding carboxylic acids is 1. The van der Waals surface area contributed by atoms with Crippen molar-refractivity contribution in [2.24, 2.45) is 0 Å². The Morgan fingerprint density at radius 3 is 2.63 bits per heavy atom. The molecule has 0 fully saturated rings. The van der Waals surface area contributed by atoms with Crippen molar-refractivity contribution in [2.75, 3.05) is 18.4 Å². The molecule has 3 N–H and O–H groups in total. The summed E-state index contributed by atoms with van der Waals surface area (Å²) < 4.78 is 0. The zero-order valence-electron chi connectivity index (χ0n) is 11.2. The van der Waals surface area contributed by atoms with Crippen molar-refractivity contribution >= 4 is 17.6 Å². The van der Waals surface area contributed by atoms with Gasteiger partial charge in [0, 0.05) is 12.5 Å². The molecule has 0 unspecified atom stereocenters. The van der Waals surface area contributed by atoms with Crippen LogP contribution in [0.1, 0.15) is 43.0 Å². The van der Waals surface area contributed by atoms with E-state index in [1.165, 1.54) is 6.20 Å². The summed E-state index contributed by atoms with van der Waals surface area (Å²) in [7, 11) is 0. The Balaban J connectivity index is 2.88. The molecule has 0 aliphatic heterocycles. The molecular weight excluding hydrogens is 248 g/mol. The summed E-state index contributed by atoms with van der Waals surface area (Å²) in [5, 5.41) is 14.4. The largest absolute Gasteiger partial charge is 0.476 e. The van der Waals surface area contributed by atoms with Crippen LogP contribution in [0.25, 0.3) is 0 Å². The van der Waals surface area contributed by atoms with Gasteiger partial charge in [-0.05, 0) is 6.92 Å². The number of nitrogens with one attached hydrogen (secondary N) is 2. The number of hydrogen-bond donors (Lipinski definition) is 3. The normalized spacial score (nSPS) is 10.3. The average molecular weight is 266 g/mol. The average Bonchev–Trinajstić information content (AvgIpc) is 2.36. The number of carbonyl (C=O) groups is 2. The van der Waals surface area contributed by atoms with Crippen LogP contribution in [0.2, 0.25) is 0 Å². The minimum Gasteiger partial charge on any atom is -0.476 e. The van der Waals surface area contributed by atoms with E-state index in [1.54, 1.807) is 6.92 Å². The van der Waals surface area contributed by atoms with Crippen LogP contribution in [-0.2, 0) is 4.79 Å². The summed E-state index contributed by atoms with van der Waals surface area (Å²) in [6, 6.07) is 0. The van der Waals surface area contributed by atoms with Crippen molar-refractivity contribution in [3.63, 3.8) is 0 Å². The number of nitrogens with zero attached hydrogens (tertiary/aromatic N) is 2. The van der Waals surface area contributed by atoms with E-state index in [9.17, 15) is 9.59 Å². The number of rotatable bonds is 6. The van der Waals surface area contributed by atoms with Gasteiger partial charge in [-0.1, -0.05) is 13.8 Å². The molecule has 0 aromatic carbocycles. The highest BCUT2D eigenvalue weighted by atomic mass is 16.4. The molecule has 7 nitrogen and oxygen atoms in total. The lowest BCUT2D eigenvalue weighted by Crippen LogP contribution is -2.30.